The molecule has 1 saturated heterocycles. The first-order valence-corrected chi connectivity index (χ1v) is 8.81. The maximum Gasteiger partial charge on any atom is 0.107 e. The van der Waals surface area contributed by atoms with E-state index in [1.54, 1.807) is 11.3 Å². The molecule has 0 bridgehead atoms. The minimum atomic E-state index is 0.536. The summed E-state index contributed by atoms with van der Waals surface area (Å²) in [6.07, 6.45) is 7.71. The quantitative estimate of drug-likeness (QED) is 0.903. The molecular formula is C15H22N6S. The Hall–Kier alpha value is -1.31. The van der Waals surface area contributed by atoms with Crippen molar-refractivity contribution < 1.29 is 0 Å². The van der Waals surface area contributed by atoms with E-state index < -0.39 is 0 Å². The zero-order valence-corrected chi connectivity index (χ0v) is 13.7. The zero-order valence-electron chi connectivity index (χ0n) is 12.9. The number of nitrogens with one attached hydrogen (secondary N) is 1. The molecule has 0 amide bonds. The third kappa shape index (κ3) is 2.68. The molecule has 1 aliphatic heterocycles. The number of rotatable bonds is 5. The van der Waals surface area contributed by atoms with Gasteiger partial charge in [0, 0.05) is 31.2 Å². The molecule has 3 heterocycles. The van der Waals surface area contributed by atoms with E-state index in [0.717, 1.165) is 26.2 Å². The van der Waals surface area contributed by atoms with Crippen molar-refractivity contribution in [3.8, 4) is 0 Å². The topological polar surface area (TPSA) is 58.9 Å². The number of nitrogens with zero attached hydrogens (tertiary/aromatic N) is 5. The highest BCUT2D eigenvalue weighted by Crippen LogP contribution is 2.56. The van der Waals surface area contributed by atoms with Crippen LogP contribution in [0.15, 0.2) is 17.8 Å². The molecule has 0 aromatic carbocycles. The van der Waals surface area contributed by atoms with Crippen molar-refractivity contribution in [1.82, 2.24) is 30.2 Å². The van der Waals surface area contributed by atoms with Gasteiger partial charge >= 0.3 is 0 Å². The van der Waals surface area contributed by atoms with Gasteiger partial charge in [-0.3, -0.25) is 9.58 Å². The van der Waals surface area contributed by atoms with Crippen LogP contribution < -0.4 is 5.32 Å². The van der Waals surface area contributed by atoms with Gasteiger partial charge in [-0.2, -0.15) is 0 Å². The lowest BCUT2D eigenvalue weighted by Gasteiger charge is -2.29. The molecule has 4 rings (SSSR count). The summed E-state index contributed by atoms with van der Waals surface area (Å²) in [5.74, 6) is 0. The maximum atomic E-state index is 4.48. The second kappa shape index (κ2) is 5.72. The Kier molecular flexibility index (Phi) is 3.71. The summed E-state index contributed by atoms with van der Waals surface area (Å²) in [6, 6.07) is 0.674. The Morgan fingerprint density at radius 1 is 1.41 bits per heavy atom. The molecule has 6 nitrogen and oxygen atoms in total. The molecule has 7 heteroatoms. The fourth-order valence-electron chi connectivity index (χ4n) is 3.75. The van der Waals surface area contributed by atoms with Crippen LogP contribution >= 0.6 is 11.3 Å². The maximum absolute atomic E-state index is 4.48. The minimum absolute atomic E-state index is 0.536. The van der Waals surface area contributed by atoms with Crippen LogP contribution in [0, 0.1) is 5.41 Å². The summed E-state index contributed by atoms with van der Waals surface area (Å²) in [4.78, 5) is 7.06. The van der Waals surface area contributed by atoms with Crippen molar-refractivity contribution in [1.29, 1.82) is 0 Å². The van der Waals surface area contributed by atoms with Crippen molar-refractivity contribution >= 4 is 11.3 Å². The van der Waals surface area contributed by atoms with Crippen LogP contribution in [-0.2, 0) is 20.1 Å². The van der Waals surface area contributed by atoms with Crippen molar-refractivity contribution in [2.24, 2.45) is 12.5 Å². The van der Waals surface area contributed by atoms with Crippen LogP contribution in [0.2, 0.25) is 0 Å². The molecule has 1 aliphatic carbocycles. The second-order valence-electron chi connectivity index (χ2n) is 6.51. The van der Waals surface area contributed by atoms with Crippen molar-refractivity contribution in [2.75, 3.05) is 13.1 Å². The molecule has 2 aliphatic rings. The molecule has 0 radical (unpaired) electrons. The highest BCUT2D eigenvalue weighted by molar-refractivity contribution is 7.09. The Bertz CT molecular complexity index is 616. The van der Waals surface area contributed by atoms with Gasteiger partial charge in [0.1, 0.15) is 5.01 Å². The number of hydrogen-bond donors (Lipinski definition) is 1. The summed E-state index contributed by atoms with van der Waals surface area (Å²) in [6.45, 7) is 4.16. The fraction of sp³-hybridized carbons (Fsp3) is 0.667. The first kappa shape index (κ1) is 14.3. The van der Waals surface area contributed by atoms with E-state index in [-0.39, 0.29) is 0 Å². The lowest BCUT2D eigenvalue weighted by Crippen LogP contribution is -2.36. The van der Waals surface area contributed by atoms with Crippen LogP contribution in [0.4, 0.5) is 0 Å². The number of thiazole rings is 1. The molecule has 1 N–H and O–H groups in total. The van der Waals surface area contributed by atoms with Crippen LogP contribution in [0.1, 0.15) is 30.0 Å². The van der Waals surface area contributed by atoms with Crippen LogP contribution in [0.25, 0.3) is 0 Å². The number of aryl methyl sites for hydroxylation is 1. The van der Waals surface area contributed by atoms with Gasteiger partial charge < -0.3 is 5.32 Å². The third-order valence-corrected chi connectivity index (χ3v) is 5.95. The van der Waals surface area contributed by atoms with Gasteiger partial charge in [0.2, 0.25) is 0 Å². The van der Waals surface area contributed by atoms with E-state index in [1.165, 1.54) is 30.0 Å². The van der Waals surface area contributed by atoms with E-state index in [2.05, 4.69) is 30.9 Å². The smallest absolute Gasteiger partial charge is 0.107 e. The molecule has 2 fully saturated rings. The zero-order chi connectivity index (χ0) is 15.0. The molecule has 118 valence electrons. The predicted molar refractivity (Wildman–Crippen MR) is 85.3 cm³/mol. The molecule has 1 unspecified atom stereocenters. The molecular weight excluding hydrogens is 296 g/mol. The molecule has 1 saturated carbocycles. The first-order chi connectivity index (χ1) is 10.8. The molecule has 2 aromatic heterocycles. The summed E-state index contributed by atoms with van der Waals surface area (Å²) < 4.78 is 1.88. The highest BCUT2D eigenvalue weighted by Gasteiger charge is 2.56. The van der Waals surface area contributed by atoms with Crippen LogP contribution in [0.5, 0.6) is 0 Å². The summed E-state index contributed by atoms with van der Waals surface area (Å²) >= 11 is 1.75. The average Bonchev–Trinajstić information content (AvgIpc) is 2.90. The average molecular weight is 318 g/mol. The molecule has 22 heavy (non-hydrogen) atoms. The van der Waals surface area contributed by atoms with Crippen molar-refractivity contribution in [2.45, 2.75) is 38.4 Å². The van der Waals surface area contributed by atoms with E-state index in [9.17, 15) is 0 Å². The van der Waals surface area contributed by atoms with E-state index in [0.29, 0.717) is 11.5 Å². The normalized spacial score (nSPS) is 23.3. The van der Waals surface area contributed by atoms with E-state index in [1.807, 2.05) is 24.1 Å². The lowest BCUT2D eigenvalue weighted by molar-refractivity contribution is 0.184. The third-order valence-electron chi connectivity index (χ3n) is 5.18. The lowest BCUT2D eigenvalue weighted by atomic mass is 9.93. The number of hydrogen-bond acceptors (Lipinski definition) is 6. The van der Waals surface area contributed by atoms with Gasteiger partial charge in [-0.05, 0) is 37.8 Å². The Morgan fingerprint density at radius 3 is 2.95 bits per heavy atom. The fourth-order valence-corrected chi connectivity index (χ4v) is 4.39. The molecule has 1 atom stereocenters. The Morgan fingerprint density at radius 2 is 2.27 bits per heavy atom. The predicted octanol–water partition coefficient (Wildman–Crippen LogP) is 1.42. The number of piperidine rings is 1. The molecule has 1 spiro atoms. The van der Waals surface area contributed by atoms with Crippen molar-refractivity contribution in [3.63, 3.8) is 0 Å². The van der Waals surface area contributed by atoms with Gasteiger partial charge in [-0.25, -0.2) is 4.98 Å². The van der Waals surface area contributed by atoms with Crippen LogP contribution in [-0.4, -0.2) is 44.0 Å². The summed E-state index contributed by atoms with van der Waals surface area (Å²) in [5, 5.41) is 14.8. The van der Waals surface area contributed by atoms with Gasteiger partial charge in [0.15, 0.2) is 0 Å². The largest absolute Gasteiger partial charge is 0.317 e. The van der Waals surface area contributed by atoms with E-state index >= 15 is 0 Å². The SMILES string of the molecule is Cn1nncc1CN(Cc1nccs1)C1CC12CCNCC2. The highest BCUT2D eigenvalue weighted by atomic mass is 32.1. The standard InChI is InChI=1S/C15H22N6S/c1-20-12(9-18-19-20)10-21(11-14-17-6-7-22-14)13-8-15(13)2-4-16-5-3-15/h6-7,9,13,16H,2-5,8,10-11H2,1H3. The first-order valence-electron chi connectivity index (χ1n) is 7.94. The summed E-state index contributed by atoms with van der Waals surface area (Å²) in [5.41, 5.74) is 1.71. The van der Waals surface area contributed by atoms with Gasteiger partial charge in [-0.15, -0.1) is 16.4 Å². The minimum Gasteiger partial charge on any atom is -0.317 e. The monoisotopic (exact) mass is 318 g/mol. The Balaban J connectivity index is 1.52. The van der Waals surface area contributed by atoms with Gasteiger partial charge in [-0.1, -0.05) is 5.21 Å². The number of aromatic nitrogens is 4. The Labute approximate surface area is 134 Å². The summed E-state index contributed by atoms with van der Waals surface area (Å²) in [7, 11) is 1.97. The van der Waals surface area contributed by atoms with Gasteiger partial charge in [0.05, 0.1) is 18.4 Å². The van der Waals surface area contributed by atoms with Gasteiger partial charge in [0.25, 0.3) is 0 Å². The van der Waals surface area contributed by atoms with Crippen molar-refractivity contribution in [3.05, 3.63) is 28.5 Å². The second-order valence-corrected chi connectivity index (χ2v) is 7.49. The van der Waals surface area contributed by atoms with Crippen LogP contribution in [0.3, 0.4) is 0 Å². The van der Waals surface area contributed by atoms with E-state index in [4.69, 9.17) is 0 Å². The molecule has 2 aromatic rings.